The fourth-order valence-corrected chi connectivity index (χ4v) is 2.54. The highest BCUT2D eigenvalue weighted by Crippen LogP contribution is 2.35. The monoisotopic (exact) mass is 356 g/mol. The Morgan fingerprint density at radius 2 is 1.46 bits per heavy atom. The Kier molecular flexibility index (Phi) is 4.00. The van der Waals surface area contributed by atoms with Gasteiger partial charge in [0.25, 0.3) is 0 Å². The number of halogens is 2. The standard InChI is InChI=1S/C18H14F2N4O2/c1-10-21-17(23-11-2-4-13(19)14(20)6-11)8-18(22-10)24-12-3-5-15-16(7-12)26-9-25-15/h2-8H,9H2,1H3,(H2,21,22,23,24). The summed E-state index contributed by atoms with van der Waals surface area (Å²) in [5.74, 6) is 1.02. The number of nitrogens with zero attached hydrogens (tertiary/aromatic N) is 2. The van der Waals surface area contributed by atoms with E-state index in [1.807, 2.05) is 12.1 Å². The number of rotatable bonds is 4. The van der Waals surface area contributed by atoms with Crippen molar-refractivity contribution in [3.63, 3.8) is 0 Å². The Morgan fingerprint density at radius 1 is 0.808 bits per heavy atom. The summed E-state index contributed by atoms with van der Waals surface area (Å²) in [5.41, 5.74) is 1.15. The SMILES string of the molecule is Cc1nc(Nc2ccc(F)c(F)c2)cc(Nc2ccc3c(c2)OCO3)n1. The normalized spacial score (nSPS) is 12.1. The number of fused-ring (bicyclic) bond motifs is 1. The highest BCUT2D eigenvalue weighted by molar-refractivity contribution is 5.65. The molecule has 0 bridgehead atoms. The molecule has 6 nitrogen and oxygen atoms in total. The van der Waals surface area contributed by atoms with Gasteiger partial charge in [-0.2, -0.15) is 0 Å². The van der Waals surface area contributed by atoms with Crippen LogP contribution in [0.1, 0.15) is 5.82 Å². The van der Waals surface area contributed by atoms with Crippen molar-refractivity contribution in [3.8, 4) is 11.5 Å². The third-order valence-corrected chi connectivity index (χ3v) is 3.67. The summed E-state index contributed by atoms with van der Waals surface area (Å²) in [6, 6.07) is 10.7. The fourth-order valence-electron chi connectivity index (χ4n) is 2.54. The van der Waals surface area contributed by atoms with Crippen LogP contribution in [0.2, 0.25) is 0 Å². The fraction of sp³-hybridized carbons (Fsp3) is 0.111. The van der Waals surface area contributed by atoms with Gasteiger partial charge in [-0.15, -0.1) is 0 Å². The average Bonchev–Trinajstić information content (AvgIpc) is 3.05. The molecule has 0 unspecified atom stereocenters. The molecule has 2 N–H and O–H groups in total. The van der Waals surface area contributed by atoms with Crippen LogP contribution in [0.25, 0.3) is 0 Å². The maximum absolute atomic E-state index is 13.4. The predicted molar refractivity (Wildman–Crippen MR) is 92.3 cm³/mol. The molecule has 132 valence electrons. The topological polar surface area (TPSA) is 68.3 Å². The Hall–Kier alpha value is -3.42. The molecule has 0 atom stereocenters. The molecule has 8 heteroatoms. The molecule has 4 rings (SSSR count). The number of aryl methyl sites for hydroxylation is 1. The van der Waals surface area contributed by atoms with E-state index < -0.39 is 11.6 Å². The number of hydrogen-bond acceptors (Lipinski definition) is 6. The predicted octanol–water partition coefficient (Wildman–Crippen LogP) is 4.28. The molecule has 3 aromatic rings. The molecule has 2 aromatic carbocycles. The molecule has 0 radical (unpaired) electrons. The zero-order chi connectivity index (χ0) is 18.1. The Morgan fingerprint density at radius 3 is 2.19 bits per heavy atom. The first-order valence-electron chi connectivity index (χ1n) is 7.81. The second-order valence-corrected chi connectivity index (χ2v) is 5.63. The largest absolute Gasteiger partial charge is 0.454 e. The zero-order valence-electron chi connectivity index (χ0n) is 13.7. The lowest BCUT2D eigenvalue weighted by molar-refractivity contribution is 0.174. The summed E-state index contributed by atoms with van der Waals surface area (Å²) >= 11 is 0. The summed E-state index contributed by atoms with van der Waals surface area (Å²) in [7, 11) is 0. The van der Waals surface area contributed by atoms with Gasteiger partial charge in [0.1, 0.15) is 17.5 Å². The van der Waals surface area contributed by atoms with E-state index in [1.165, 1.54) is 6.07 Å². The molecule has 0 saturated carbocycles. The molecule has 0 saturated heterocycles. The van der Waals surface area contributed by atoms with Gasteiger partial charge < -0.3 is 20.1 Å². The number of aromatic nitrogens is 2. The number of anilines is 4. The van der Waals surface area contributed by atoms with Crippen molar-refractivity contribution in [1.29, 1.82) is 0 Å². The van der Waals surface area contributed by atoms with Crippen LogP contribution in [-0.2, 0) is 0 Å². The maximum atomic E-state index is 13.4. The molecule has 0 fully saturated rings. The van der Waals surface area contributed by atoms with E-state index in [0.29, 0.717) is 34.6 Å². The van der Waals surface area contributed by atoms with Gasteiger partial charge in [0.15, 0.2) is 23.1 Å². The first-order valence-corrected chi connectivity index (χ1v) is 7.81. The molecule has 1 aromatic heterocycles. The smallest absolute Gasteiger partial charge is 0.231 e. The highest BCUT2D eigenvalue weighted by atomic mass is 19.2. The van der Waals surface area contributed by atoms with Crippen LogP contribution in [-0.4, -0.2) is 16.8 Å². The minimum Gasteiger partial charge on any atom is -0.454 e. The van der Waals surface area contributed by atoms with E-state index in [9.17, 15) is 8.78 Å². The van der Waals surface area contributed by atoms with Crippen LogP contribution >= 0.6 is 0 Å². The summed E-state index contributed by atoms with van der Waals surface area (Å²) in [4.78, 5) is 8.59. The number of ether oxygens (including phenoxy) is 2. The summed E-state index contributed by atoms with van der Waals surface area (Å²) in [5, 5.41) is 6.10. The first-order chi connectivity index (χ1) is 12.6. The van der Waals surface area contributed by atoms with Gasteiger partial charge in [0.05, 0.1) is 0 Å². The number of benzene rings is 2. The summed E-state index contributed by atoms with van der Waals surface area (Å²) in [6.45, 7) is 1.94. The molecule has 0 spiro atoms. The van der Waals surface area contributed by atoms with Crippen molar-refractivity contribution in [1.82, 2.24) is 9.97 Å². The van der Waals surface area contributed by atoms with Gasteiger partial charge in [0, 0.05) is 29.6 Å². The molecule has 26 heavy (non-hydrogen) atoms. The third-order valence-electron chi connectivity index (χ3n) is 3.67. The Bertz CT molecular complexity index is 981. The van der Waals surface area contributed by atoms with E-state index >= 15 is 0 Å². The van der Waals surface area contributed by atoms with E-state index in [0.717, 1.165) is 17.8 Å². The van der Waals surface area contributed by atoms with E-state index in [2.05, 4.69) is 20.6 Å². The Labute approximate surface area is 147 Å². The van der Waals surface area contributed by atoms with Crippen LogP contribution in [0.5, 0.6) is 11.5 Å². The van der Waals surface area contributed by atoms with Crippen LogP contribution in [0.3, 0.4) is 0 Å². The lowest BCUT2D eigenvalue weighted by atomic mass is 10.2. The van der Waals surface area contributed by atoms with Gasteiger partial charge >= 0.3 is 0 Å². The van der Waals surface area contributed by atoms with Crippen molar-refractivity contribution in [2.24, 2.45) is 0 Å². The van der Waals surface area contributed by atoms with E-state index in [4.69, 9.17) is 9.47 Å². The lowest BCUT2D eigenvalue weighted by Gasteiger charge is -2.11. The molecule has 0 aliphatic carbocycles. The maximum Gasteiger partial charge on any atom is 0.231 e. The second-order valence-electron chi connectivity index (χ2n) is 5.63. The van der Waals surface area contributed by atoms with Crippen LogP contribution in [0.4, 0.5) is 31.8 Å². The molecule has 0 amide bonds. The minimum absolute atomic E-state index is 0.202. The van der Waals surface area contributed by atoms with Crippen molar-refractivity contribution in [3.05, 3.63) is 59.9 Å². The molecular formula is C18H14F2N4O2. The van der Waals surface area contributed by atoms with Crippen LogP contribution in [0.15, 0.2) is 42.5 Å². The van der Waals surface area contributed by atoms with Gasteiger partial charge in [-0.1, -0.05) is 0 Å². The third kappa shape index (κ3) is 3.34. The highest BCUT2D eigenvalue weighted by Gasteiger charge is 2.13. The van der Waals surface area contributed by atoms with Gasteiger partial charge in [0.2, 0.25) is 6.79 Å². The van der Waals surface area contributed by atoms with E-state index in [1.54, 1.807) is 19.1 Å². The second kappa shape index (κ2) is 6.47. The van der Waals surface area contributed by atoms with Gasteiger partial charge in [-0.25, -0.2) is 18.7 Å². The molecular weight excluding hydrogens is 342 g/mol. The van der Waals surface area contributed by atoms with Crippen molar-refractivity contribution in [2.45, 2.75) is 6.92 Å². The van der Waals surface area contributed by atoms with Crippen molar-refractivity contribution >= 4 is 23.0 Å². The molecule has 2 heterocycles. The quantitative estimate of drug-likeness (QED) is 0.727. The minimum atomic E-state index is -0.931. The molecule has 1 aliphatic heterocycles. The zero-order valence-corrected chi connectivity index (χ0v) is 13.7. The van der Waals surface area contributed by atoms with Gasteiger partial charge in [-0.05, 0) is 31.2 Å². The van der Waals surface area contributed by atoms with Crippen molar-refractivity contribution < 1.29 is 18.3 Å². The number of hydrogen-bond donors (Lipinski definition) is 2. The van der Waals surface area contributed by atoms with Crippen LogP contribution in [0, 0.1) is 18.6 Å². The summed E-state index contributed by atoms with van der Waals surface area (Å²) in [6.07, 6.45) is 0. The van der Waals surface area contributed by atoms with E-state index in [-0.39, 0.29) is 6.79 Å². The van der Waals surface area contributed by atoms with Crippen molar-refractivity contribution in [2.75, 3.05) is 17.4 Å². The Balaban J connectivity index is 1.56. The van der Waals surface area contributed by atoms with Crippen LogP contribution < -0.4 is 20.1 Å². The van der Waals surface area contributed by atoms with Gasteiger partial charge in [-0.3, -0.25) is 0 Å². The lowest BCUT2D eigenvalue weighted by Crippen LogP contribution is -2.02. The average molecular weight is 356 g/mol. The molecule has 1 aliphatic rings. The first kappa shape index (κ1) is 16.1. The number of nitrogens with one attached hydrogen (secondary N) is 2. The summed E-state index contributed by atoms with van der Waals surface area (Å²) < 4.78 is 37.0.